The molecule has 0 radical (unpaired) electrons. The molecule has 1 aliphatic rings. The summed E-state index contributed by atoms with van der Waals surface area (Å²) in [6.07, 6.45) is 6.36. The van der Waals surface area contributed by atoms with Gasteiger partial charge in [-0.3, -0.25) is 0 Å². The summed E-state index contributed by atoms with van der Waals surface area (Å²) in [5, 5.41) is 0. The minimum Gasteiger partial charge on any atom is -0.378 e. The average molecular weight is 261 g/mol. The molecule has 0 aliphatic carbocycles. The first-order chi connectivity index (χ1) is 9.10. The van der Waals surface area contributed by atoms with Crippen molar-refractivity contribution in [1.29, 1.82) is 0 Å². The van der Waals surface area contributed by atoms with Crippen molar-refractivity contribution >= 4 is 0 Å². The van der Waals surface area contributed by atoms with E-state index in [0.717, 1.165) is 13.0 Å². The van der Waals surface area contributed by atoms with Crippen LogP contribution < -0.4 is 5.73 Å². The fraction of sp³-hybridized carbons (Fsp3) is 0.647. The minimum absolute atomic E-state index is 0.0395. The molecule has 1 aliphatic heterocycles. The van der Waals surface area contributed by atoms with Crippen LogP contribution in [-0.2, 0) is 10.2 Å². The predicted octanol–water partition coefficient (Wildman–Crippen LogP) is 3.64. The highest BCUT2D eigenvalue weighted by molar-refractivity contribution is 5.25. The third-order valence-electron chi connectivity index (χ3n) is 4.51. The highest BCUT2D eigenvalue weighted by Crippen LogP contribution is 2.29. The Morgan fingerprint density at radius 3 is 2.68 bits per heavy atom. The van der Waals surface area contributed by atoms with Crippen molar-refractivity contribution in [2.75, 3.05) is 6.61 Å². The highest BCUT2D eigenvalue weighted by atomic mass is 16.5. The van der Waals surface area contributed by atoms with Crippen LogP contribution in [0.2, 0.25) is 0 Å². The van der Waals surface area contributed by atoms with Gasteiger partial charge >= 0.3 is 0 Å². The number of hydrogen-bond acceptors (Lipinski definition) is 2. The van der Waals surface area contributed by atoms with E-state index in [4.69, 9.17) is 10.5 Å². The summed E-state index contributed by atoms with van der Waals surface area (Å²) in [4.78, 5) is 0. The van der Waals surface area contributed by atoms with Gasteiger partial charge in [0.25, 0.3) is 0 Å². The summed E-state index contributed by atoms with van der Waals surface area (Å²) in [6, 6.07) is 10.8. The molecule has 2 unspecified atom stereocenters. The molecule has 0 amide bonds. The Balaban J connectivity index is 1.82. The first-order valence-electron chi connectivity index (χ1n) is 7.53. The Bertz CT molecular complexity index is 368. The molecule has 19 heavy (non-hydrogen) atoms. The van der Waals surface area contributed by atoms with Crippen molar-refractivity contribution in [3.05, 3.63) is 35.9 Å². The molecule has 2 heteroatoms. The molecule has 106 valence electrons. The molecule has 2 atom stereocenters. The summed E-state index contributed by atoms with van der Waals surface area (Å²) in [7, 11) is 0. The van der Waals surface area contributed by atoms with Crippen molar-refractivity contribution < 1.29 is 4.74 Å². The quantitative estimate of drug-likeness (QED) is 0.848. The fourth-order valence-corrected chi connectivity index (χ4v) is 2.88. The second kappa shape index (κ2) is 6.53. The molecule has 1 fully saturated rings. The van der Waals surface area contributed by atoms with Gasteiger partial charge in [-0.1, -0.05) is 44.2 Å². The standard InChI is InChI=1S/C17H27NO/c1-17(2,14-8-4-3-5-9-14)16(18)12-6-10-15-11-7-13-19-15/h3-5,8-9,15-16H,6-7,10-13,18H2,1-2H3. The molecule has 2 nitrogen and oxygen atoms in total. The van der Waals surface area contributed by atoms with Gasteiger partial charge in [0.1, 0.15) is 0 Å². The number of nitrogens with two attached hydrogens (primary N) is 1. The van der Waals surface area contributed by atoms with Gasteiger partial charge < -0.3 is 10.5 Å². The second-order valence-electron chi connectivity index (χ2n) is 6.26. The van der Waals surface area contributed by atoms with Crippen LogP contribution in [0.4, 0.5) is 0 Å². The summed E-state index contributed by atoms with van der Waals surface area (Å²) >= 11 is 0. The largest absolute Gasteiger partial charge is 0.378 e. The monoisotopic (exact) mass is 261 g/mol. The van der Waals surface area contributed by atoms with Crippen LogP contribution >= 0.6 is 0 Å². The zero-order valence-electron chi connectivity index (χ0n) is 12.3. The first kappa shape index (κ1) is 14.5. The van der Waals surface area contributed by atoms with Gasteiger partial charge in [0.2, 0.25) is 0 Å². The van der Waals surface area contributed by atoms with E-state index in [9.17, 15) is 0 Å². The number of benzene rings is 1. The van der Waals surface area contributed by atoms with Crippen LogP contribution in [0.25, 0.3) is 0 Å². The third kappa shape index (κ3) is 3.80. The summed E-state index contributed by atoms with van der Waals surface area (Å²) < 4.78 is 5.66. The molecule has 2 rings (SSSR count). The van der Waals surface area contributed by atoms with Crippen LogP contribution in [0.3, 0.4) is 0 Å². The molecule has 0 spiro atoms. The van der Waals surface area contributed by atoms with E-state index >= 15 is 0 Å². The van der Waals surface area contributed by atoms with Crippen LogP contribution in [0, 0.1) is 0 Å². The van der Waals surface area contributed by atoms with Crippen molar-refractivity contribution in [3.63, 3.8) is 0 Å². The molecular formula is C17H27NO. The third-order valence-corrected chi connectivity index (χ3v) is 4.51. The smallest absolute Gasteiger partial charge is 0.0576 e. The lowest BCUT2D eigenvalue weighted by atomic mass is 9.76. The molecular weight excluding hydrogens is 234 g/mol. The molecule has 0 bridgehead atoms. The van der Waals surface area contributed by atoms with Crippen molar-refractivity contribution in [1.82, 2.24) is 0 Å². The summed E-state index contributed by atoms with van der Waals surface area (Å²) in [5.74, 6) is 0. The van der Waals surface area contributed by atoms with Crippen molar-refractivity contribution in [2.45, 2.75) is 63.5 Å². The molecule has 0 aromatic heterocycles. The van der Waals surface area contributed by atoms with Gasteiger partial charge in [-0.2, -0.15) is 0 Å². The highest BCUT2D eigenvalue weighted by Gasteiger charge is 2.28. The number of hydrogen-bond donors (Lipinski definition) is 1. The normalized spacial score (nSPS) is 21.5. The Labute approximate surface area is 117 Å². The Morgan fingerprint density at radius 1 is 1.32 bits per heavy atom. The van der Waals surface area contributed by atoms with E-state index in [-0.39, 0.29) is 11.5 Å². The molecule has 1 heterocycles. The fourth-order valence-electron chi connectivity index (χ4n) is 2.88. The Morgan fingerprint density at radius 2 is 2.05 bits per heavy atom. The maximum atomic E-state index is 6.43. The average Bonchev–Trinajstić information content (AvgIpc) is 2.93. The van der Waals surface area contributed by atoms with Gasteiger partial charge in [-0.15, -0.1) is 0 Å². The summed E-state index contributed by atoms with van der Waals surface area (Å²) in [6.45, 7) is 5.45. The summed E-state index contributed by atoms with van der Waals surface area (Å²) in [5.41, 5.74) is 7.80. The van der Waals surface area contributed by atoms with Gasteiger partial charge in [0.05, 0.1) is 6.10 Å². The second-order valence-corrected chi connectivity index (χ2v) is 6.26. The topological polar surface area (TPSA) is 35.2 Å². The molecule has 1 aromatic rings. The van der Waals surface area contributed by atoms with Crippen LogP contribution in [0.1, 0.15) is 51.5 Å². The van der Waals surface area contributed by atoms with Crippen LogP contribution in [0.15, 0.2) is 30.3 Å². The van der Waals surface area contributed by atoms with Crippen molar-refractivity contribution in [3.8, 4) is 0 Å². The van der Waals surface area contributed by atoms with Crippen molar-refractivity contribution in [2.24, 2.45) is 5.73 Å². The number of rotatable bonds is 6. The number of ether oxygens (including phenoxy) is 1. The minimum atomic E-state index is 0.0395. The lowest BCUT2D eigenvalue weighted by Gasteiger charge is -2.32. The first-order valence-corrected chi connectivity index (χ1v) is 7.53. The van der Waals surface area contributed by atoms with Gasteiger partial charge in [0, 0.05) is 18.1 Å². The zero-order valence-corrected chi connectivity index (χ0v) is 12.3. The van der Waals surface area contributed by atoms with Crippen LogP contribution in [0.5, 0.6) is 0 Å². The molecule has 1 saturated heterocycles. The van der Waals surface area contributed by atoms with Gasteiger partial charge in [0.15, 0.2) is 0 Å². The lowest BCUT2D eigenvalue weighted by molar-refractivity contribution is 0.101. The van der Waals surface area contributed by atoms with E-state index in [1.54, 1.807) is 0 Å². The Hall–Kier alpha value is -0.860. The zero-order chi connectivity index (χ0) is 13.7. The maximum Gasteiger partial charge on any atom is 0.0576 e. The van der Waals surface area contributed by atoms with E-state index in [0.29, 0.717) is 6.10 Å². The van der Waals surface area contributed by atoms with E-state index in [1.807, 2.05) is 0 Å². The predicted molar refractivity (Wildman–Crippen MR) is 80.3 cm³/mol. The molecule has 0 saturated carbocycles. The lowest BCUT2D eigenvalue weighted by Crippen LogP contribution is -2.40. The Kier molecular flexibility index (Phi) is 5.00. The van der Waals surface area contributed by atoms with Gasteiger partial charge in [-0.25, -0.2) is 0 Å². The maximum absolute atomic E-state index is 6.43. The van der Waals surface area contributed by atoms with E-state index in [1.165, 1.54) is 31.2 Å². The van der Waals surface area contributed by atoms with Crippen LogP contribution in [-0.4, -0.2) is 18.8 Å². The van der Waals surface area contributed by atoms with Gasteiger partial charge in [-0.05, 0) is 37.7 Å². The SMILES string of the molecule is CC(C)(c1ccccc1)C(N)CCCC1CCCO1. The van der Waals surface area contributed by atoms with E-state index in [2.05, 4.69) is 44.2 Å². The molecule has 1 aromatic carbocycles. The van der Waals surface area contributed by atoms with E-state index < -0.39 is 0 Å². The molecule has 2 N–H and O–H groups in total.